The molecule has 0 aliphatic carbocycles. The van der Waals surface area contributed by atoms with Crippen molar-refractivity contribution < 1.29 is 61.0 Å². The fourth-order valence-corrected chi connectivity index (χ4v) is 5.60. The molecule has 0 spiro atoms. The van der Waals surface area contributed by atoms with Crippen molar-refractivity contribution >= 4 is 28.9 Å². The summed E-state index contributed by atoms with van der Waals surface area (Å²) in [5, 5.41) is 0. The first-order valence-electron chi connectivity index (χ1n) is 9.32. The zero-order valence-corrected chi connectivity index (χ0v) is 21.5. The smallest absolute Gasteiger partial charge is 0.421 e. The number of halogens is 6. The molecule has 1 unspecified atom stereocenters. The minimum atomic E-state index is -6.72. The second-order valence-electron chi connectivity index (χ2n) is 6.65. The van der Waals surface area contributed by atoms with Crippen LogP contribution in [0, 0.1) is 0 Å². The maximum atomic E-state index is 11.4. The van der Waals surface area contributed by atoms with E-state index >= 15 is 0 Å². The lowest BCUT2D eigenvalue weighted by atomic mass is 10.0. The van der Waals surface area contributed by atoms with E-state index in [4.69, 9.17) is 13.3 Å². The highest BCUT2D eigenvalue weighted by atomic mass is 32.3. The molecule has 0 aliphatic heterocycles. The Morgan fingerprint density at radius 2 is 1.41 bits per heavy atom. The van der Waals surface area contributed by atoms with Crippen LogP contribution >= 0.6 is 0 Å². The van der Waals surface area contributed by atoms with Crippen LogP contribution in [0.15, 0.2) is 24.5 Å². The second kappa shape index (κ2) is 12.6. The van der Waals surface area contributed by atoms with Gasteiger partial charge in [-0.3, -0.25) is 0 Å². The van der Waals surface area contributed by atoms with Gasteiger partial charge in [-0.25, -0.2) is 21.4 Å². The van der Waals surface area contributed by atoms with E-state index in [1.807, 2.05) is 0 Å². The molecule has 18 heteroatoms. The maximum absolute atomic E-state index is 11.4. The first kappa shape index (κ1) is 32.7. The average molecular weight is 565 g/mol. The Balaban J connectivity index is 0.000000661. The number of rotatable bonds is 10. The summed E-state index contributed by atoms with van der Waals surface area (Å²) in [7, 11) is -11.0. The summed E-state index contributed by atoms with van der Waals surface area (Å²) in [5.74, 6) is 0.585. The lowest BCUT2D eigenvalue weighted by Crippen LogP contribution is -2.47. The maximum Gasteiger partial charge on any atom is 0.506 e. The summed E-state index contributed by atoms with van der Waals surface area (Å²) in [4.78, 5) is 0. The van der Waals surface area contributed by atoms with E-state index in [1.165, 1.54) is 5.56 Å². The topological polar surface area (TPSA) is 114 Å². The van der Waals surface area contributed by atoms with E-state index in [-0.39, 0.29) is 0 Å². The molecule has 0 radical (unpaired) electrons. The summed E-state index contributed by atoms with van der Waals surface area (Å²) in [6, 6.07) is 5.04. The number of aromatic nitrogens is 1. The van der Waals surface area contributed by atoms with Gasteiger partial charge in [0, 0.05) is 33.0 Å². The Bertz CT molecular complexity index is 934. The molecule has 200 valence electrons. The highest BCUT2D eigenvalue weighted by molar-refractivity contribution is 8.13. The molecule has 0 saturated heterocycles. The molecule has 1 aromatic heterocycles. The number of aryl methyl sites for hydroxylation is 1. The normalized spacial score (nSPS) is 14.3. The molecule has 1 rings (SSSR count). The zero-order valence-electron chi connectivity index (χ0n) is 18.8. The van der Waals surface area contributed by atoms with Gasteiger partial charge in [-0.1, -0.05) is 13.8 Å². The van der Waals surface area contributed by atoms with Crippen molar-refractivity contribution in [1.82, 2.24) is 0 Å². The van der Waals surface area contributed by atoms with E-state index in [2.05, 4.69) is 42.9 Å². The van der Waals surface area contributed by atoms with E-state index in [1.54, 1.807) is 21.3 Å². The van der Waals surface area contributed by atoms with Crippen LogP contribution in [-0.2, 0) is 39.9 Å². The predicted octanol–water partition coefficient (Wildman–Crippen LogP) is 3.43. The quantitative estimate of drug-likeness (QED) is 0.243. The Labute approximate surface area is 195 Å². The van der Waals surface area contributed by atoms with Gasteiger partial charge in [0.05, 0.1) is 6.04 Å². The van der Waals surface area contributed by atoms with Gasteiger partial charge in [-0.15, -0.1) is 0 Å². The summed E-state index contributed by atoms with van der Waals surface area (Å²) in [6.07, 6.45) is 5.43. The Morgan fingerprint density at radius 1 is 0.971 bits per heavy atom. The van der Waals surface area contributed by atoms with Gasteiger partial charge in [0.1, 0.15) is 0 Å². The van der Waals surface area contributed by atoms with Crippen LogP contribution in [0.5, 0.6) is 0 Å². The molecule has 0 aliphatic rings. The van der Waals surface area contributed by atoms with Crippen molar-refractivity contribution in [3.05, 3.63) is 34.2 Å². The number of nitrogens with zero attached hydrogens (tertiary/aromatic N) is 2. The van der Waals surface area contributed by atoms with Gasteiger partial charge in [-0.2, -0.15) is 26.3 Å². The number of pyridine rings is 1. The van der Waals surface area contributed by atoms with Crippen LogP contribution in [0.1, 0.15) is 31.7 Å². The third kappa shape index (κ3) is 9.38. The Hall–Kier alpha value is -1.31. The summed E-state index contributed by atoms with van der Waals surface area (Å²) < 4.78 is 128. The van der Waals surface area contributed by atoms with Crippen LogP contribution in [0.25, 0.3) is 4.13 Å². The van der Waals surface area contributed by atoms with Gasteiger partial charge >= 0.3 is 19.8 Å². The highest BCUT2D eigenvalue weighted by Gasteiger charge is 2.47. The van der Waals surface area contributed by atoms with Crippen molar-refractivity contribution in [3.8, 4) is 0 Å². The van der Waals surface area contributed by atoms with Crippen molar-refractivity contribution in [3.63, 3.8) is 0 Å². The first-order valence-corrected chi connectivity index (χ1v) is 14.1. The summed E-state index contributed by atoms with van der Waals surface area (Å²) >= 11 is 0. The third-order valence-corrected chi connectivity index (χ3v) is 9.89. The van der Waals surface area contributed by atoms with Gasteiger partial charge in [0.25, 0.3) is 0 Å². The molecule has 0 N–H and O–H groups in total. The number of hydrogen-bond donors (Lipinski definition) is 0. The highest BCUT2D eigenvalue weighted by Crippen LogP contribution is 2.36. The number of hydrogen-bond acceptors (Lipinski definition) is 7. The van der Waals surface area contributed by atoms with Gasteiger partial charge in [-0.05, 0) is 18.4 Å². The standard InChI is InChI=1S/C14H26NO3Si.C2F6NO4S2/c1-6-13(2)14-8-7-9-15(12-14)10-11-19(16-3,17-4)18-5;3-1(4,5)14(10,11)9-15(12,13)2(6,7)8/h7-9,12-13H,6,10-11H2,1-5H3;/q+1;-1. The molecule has 9 nitrogen and oxygen atoms in total. The molecule has 0 aromatic carbocycles. The monoisotopic (exact) mass is 564 g/mol. The first-order chi connectivity index (χ1) is 15.3. The molecule has 34 heavy (non-hydrogen) atoms. The Morgan fingerprint density at radius 3 is 1.76 bits per heavy atom. The molecule has 0 fully saturated rings. The third-order valence-electron chi connectivity index (χ3n) is 4.45. The summed E-state index contributed by atoms with van der Waals surface area (Å²) in [6.45, 7) is 5.30. The van der Waals surface area contributed by atoms with Crippen LogP contribution in [-0.4, -0.2) is 58.0 Å². The average Bonchev–Trinajstić information content (AvgIpc) is 2.73. The SMILES string of the molecule is CCC(C)c1ccc[n+](CC[Si](OC)(OC)OC)c1.O=S(=O)([N-]S(=O)(=O)C(F)(F)F)C(F)(F)F. The molecule has 1 atom stereocenters. The van der Waals surface area contributed by atoms with Crippen molar-refractivity contribution in [2.75, 3.05) is 21.3 Å². The zero-order chi connectivity index (χ0) is 27.0. The predicted molar refractivity (Wildman–Crippen MR) is 110 cm³/mol. The lowest BCUT2D eigenvalue weighted by molar-refractivity contribution is -0.694. The largest absolute Gasteiger partial charge is 0.506 e. The van der Waals surface area contributed by atoms with Crippen molar-refractivity contribution in [2.45, 2.75) is 49.8 Å². The van der Waals surface area contributed by atoms with E-state index in [0.29, 0.717) is 5.92 Å². The van der Waals surface area contributed by atoms with E-state index < -0.39 is 39.9 Å². The minimum absolute atomic E-state index is 0.585. The Kier molecular flexibility index (Phi) is 12.1. The number of alkyl halides is 6. The van der Waals surface area contributed by atoms with Gasteiger partial charge < -0.3 is 17.4 Å². The lowest BCUT2D eigenvalue weighted by Gasteiger charge is -2.22. The van der Waals surface area contributed by atoms with Crippen LogP contribution in [0.3, 0.4) is 0 Å². The molecular formula is C16H26F6N2O7S2Si. The van der Waals surface area contributed by atoms with Crippen molar-refractivity contribution in [2.24, 2.45) is 0 Å². The van der Waals surface area contributed by atoms with Crippen LogP contribution < -0.4 is 4.57 Å². The molecule has 0 bridgehead atoms. The van der Waals surface area contributed by atoms with Gasteiger partial charge in [0.2, 0.25) is 0 Å². The fourth-order valence-electron chi connectivity index (χ4n) is 2.24. The molecular weight excluding hydrogens is 538 g/mol. The molecule has 1 aromatic rings. The number of sulfonamides is 2. The van der Waals surface area contributed by atoms with Crippen LogP contribution in [0.4, 0.5) is 26.3 Å². The van der Waals surface area contributed by atoms with Crippen LogP contribution in [0.2, 0.25) is 6.04 Å². The fraction of sp³-hybridized carbons (Fsp3) is 0.688. The van der Waals surface area contributed by atoms with E-state index in [9.17, 15) is 43.2 Å². The minimum Gasteiger partial charge on any atom is -0.421 e. The molecule has 0 saturated carbocycles. The summed E-state index contributed by atoms with van der Waals surface area (Å²) in [5.41, 5.74) is -11.0. The van der Waals surface area contributed by atoms with E-state index in [0.717, 1.165) is 23.1 Å². The molecule has 0 amide bonds. The van der Waals surface area contributed by atoms with Gasteiger partial charge in [0.15, 0.2) is 39.0 Å². The molecule has 1 heterocycles. The second-order valence-corrected chi connectivity index (χ2v) is 13.2. The van der Waals surface area contributed by atoms with Crippen molar-refractivity contribution in [1.29, 1.82) is 0 Å².